The van der Waals surface area contributed by atoms with Crippen LogP contribution in [0, 0.1) is 0 Å². The fourth-order valence-corrected chi connectivity index (χ4v) is 2.80. The zero-order chi connectivity index (χ0) is 15.2. The van der Waals surface area contributed by atoms with E-state index in [0.717, 1.165) is 25.2 Å². The summed E-state index contributed by atoms with van der Waals surface area (Å²) in [4.78, 5) is 15.6. The molecule has 0 N–H and O–H groups in total. The highest BCUT2D eigenvalue weighted by Gasteiger charge is 2.23. The molecule has 1 amide bonds. The Morgan fingerprint density at radius 3 is 2.43 bits per heavy atom. The lowest BCUT2D eigenvalue weighted by atomic mass is 10.1. The smallest absolute Gasteiger partial charge is 0.409 e. The van der Waals surface area contributed by atoms with Gasteiger partial charge in [0, 0.05) is 37.7 Å². The van der Waals surface area contributed by atoms with Crippen LogP contribution in [0.15, 0.2) is 24.3 Å². The molecular formula is C15H20Cl2N2O2. The molecule has 1 aromatic carbocycles. The van der Waals surface area contributed by atoms with Crippen molar-refractivity contribution in [1.82, 2.24) is 9.80 Å². The summed E-state index contributed by atoms with van der Waals surface area (Å²) in [5.74, 6) is 0. The third kappa shape index (κ3) is 4.77. The molecular weight excluding hydrogens is 311 g/mol. The molecule has 0 aliphatic carbocycles. The molecule has 4 nitrogen and oxygen atoms in total. The van der Waals surface area contributed by atoms with Gasteiger partial charge >= 0.3 is 6.09 Å². The summed E-state index contributed by atoms with van der Waals surface area (Å²) in [7, 11) is 0. The molecule has 0 spiro atoms. The molecule has 21 heavy (non-hydrogen) atoms. The SMILES string of the molecule is CCOC(=O)N1CCN(CC(Cl)c2ccc(Cl)cc2)CC1. The van der Waals surface area contributed by atoms with Gasteiger partial charge in [0.05, 0.1) is 12.0 Å². The van der Waals surface area contributed by atoms with Crippen LogP contribution in [0.3, 0.4) is 0 Å². The van der Waals surface area contributed by atoms with E-state index in [1.807, 2.05) is 31.2 Å². The molecule has 0 radical (unpaired) electrons. The lowest BCUT2D eigenvalue weighted by Crippen LogP contribution is -2.49. The Morgan fingerprint density at radius 2 is 1.86 bits per heavy atom. The predicted octanol–water partition coefficient (Wildman–Crippen LogP) is 3.39. The Bertz CT molecular complexity index is 459. The number of nitrogens with zero attached hydrogens (tertiary/aromatic N) is 2. The number of benzene rings is 1. The third-order valence-corrected chi connectivity index (χ3v) is 4.19. The quantitative estimate of drug-likeness (QED) is 0.793. The number of ether oxygens (including phenoxy) is 1. The molecule has 1 fully saturated rings. The number of piperazine rings is 1. The van der Waals surface area contributed by atoms with Gasteiger partial charge in [-0.1, -0.05) is 23.7 Å². The zero-order valence-electron chi connectivity index (χ0n) is 12.1. The van der Waals surface area contributed by atoms with Gasteiger partial charge in [-0.3, -0.25) is 4.90 Å². The maximum absolute atomic E-state index is 11.6. The van der Waals surface area contributed by atoms with Gasteiger partial charge in [0.2, 0.25) is 0 Å². The molecule has 6 heteroatoms. The Kier molecular flexibility index (Phi) is 6.15. The normalized spacial score (nSPS) is 17.6. The molecule has 1 aliphatic rings. The summed E-state index contributed by atoms with van der Waals surface area (Å²) in [6.45, 7) is 5.99. The minimum Gasteiger partial charge on any atom is -0.450 e. The Balaban J connectivity index is 1.80. The van der Waals surface area contributed by atoms with E-state index in [1.54, 1.807) is 4.90 Å². The van der Waals surface area contributed by atoms with E-state index in [0.29, 0.717) is 24.7 Å². The van der Waals surface area contributed by atoms with Gasteiger partial charge in [-0.25, -0.2) is 4.79 Å². The molecule has 1 unspecified atom stereocenters. The van der Waals surface area contributed by atoms with Crippen molar-refractivity contribution < 1.29 is 9.53 Å². The molecule has 1 atom stereocenters. The van der Waals surface area contributed by atoms with E-state index in [2.05, 4.69) is 4.90 Å². The first-order valence-electron chi connectivity index (χ1n) is 7.13. The van der Waals surface area contributed by atoms with Crippen molar-refractivity contribution in [1.29, 1.82) is 0 Å². The lowest BCUT2D eigenvalue weighted by molar-refractivity contribution is 0.0796. The second-order valence-electron chi connectivity index (χ2n) is 5.01. The van der Waals surface area contributed by atoms with E-state index >= 15 is 0 Å². The summed E-state index contributed by atoms with van der Waals surface area (Å²) in [6.07, 6.45) is -0.225. The number of hydrogen-bond donors (Lipinski definition) is 0. The van der Waals surface area contributed by atoms with Crippen molar-refractivity contribution in [3.05, 3.63) is 34.9 Å². The van der Waals surface area contributed by atoms with Gasteiger partial charge in [-0.05, 0) is 24.6 Å². The van der Waals surface area contributed by atoms with Crippen LogP contribution in [0.4, 0.5) is 4.79 Å². The monoisotopic (exact) mass is 330 g/mol. The highest BCUT2D eigenvalue weighted by atomic mass is 35.5. The van der Waals surface area contributed by atoms with E-state index < -0.39 is 0 Å². The molecule has 1 aliphatic heterocycles. The van der Waals surface area contributed by atoms with Gasteiger partial charge in [0.15, 0.2) is 0 Å². The van der Waals surface area contributed by atoms with Crippen molar-refractivity contribution in [2.45, 2.75) is 12.3 Å². The molecule has 1 saturated heterocycles. The largest absolute Gasteiger partial charge is 0.450 e. The molecule has 2 rings (SSSR count). The molecule has 0 bridgehead atoms. The number of amides is 1. The van der Waals surface area contributed by atoms with E-state index in [-0.39, 0.29) is 11.5 Å². The van der Waals surface area contributed by atoms with Crippen LogP contribution in [0.5, 0.6) is 0 Å². The number of halogens is 2. The average molecular weight is 331 g/mol. The number of alkyl halides is 1. The zero-order valence-corrected chi connectivity index (χ0v) is 13.6. The van der Waals surface area contributed by atoms with E-state index in [1.165, 1.54) is 0 Å². The number of carbonyl (C=O) groups is 1. The summed E-state index contributed by atoms with van der Waals surface area (Å²) in [6, 6.07) is 7.61. The summed E-state index contributed by atoms with van der Waals surface area (Å²) < 4.78 is 5.01. The van der Waals surface area contributed by atoms with Crippen LogP contribution in [0.1, 0.15) is 17.9 Å². The lowest BCUT2D eigenvalue weighted by Gasteiger charge is -2.34. The Hall–Kier alpha value is -0.970. The second-order valence-corrected chi connectivity index (χ2v) is 5.97. The molecule has 116 valence electrons. The average Bonchev–Trinajstić information content (AvgIpc) is 2.49. The summed E-state index contributed by atoms with van der Waals surface area (Å²) in [5.41, 5.74) is 1.06. The Labute approximate surface area is 135 Å². The van der Waals surface area contributed by atoms with Crippen molar-refractivity contribution >= 4 is 29.3 Å². The van der Waals surface area contributed by atoms with Crippen molar-refractivity contribution in [2.24, 2.45) is 0 Å². The van der Waals surface area contributed by atoms with Gasteiger partial charge < -0.3 is 9.64 Å². The number of hydrogen-bond acceptors (Lipinski definition) is 3. The number of carbonyl (C=O) groups excluding carboxylic acids is 1. The molecule has 0 saturated carbocycles. The van der Waals surface area contributed by atoms with Crippen LogP contribution in [-0.4, -0.2) is 55.2 Å². The fraction of sp³-hybridized carbons (Fsp3) is 0.533. The summed E-state index contributed by atoms with van der Waals surface area (Å²) >= 11 is 12.3. The highest BCUT2D eigenvalue weighted by molar-refractivity contribution is 6.30. The van der Waals surface area contributed by atoms with Crippen LogP contribution in [0.25, 0.3) is 0 Å². The molecule has 0 aromatic heterocycles. The first-order valence-corrected chi connectivity index (χ1v) is 7.95. The van der Waals surface area contributed by atoms with Crippen LogP contribution >= 0.6 is 23.2 Å². The minimum atomic E-state index is -0.225. The first kappa shape index (κ1) is 16.4. The van der Waals surface area contributed by atoms with Gasteiger partial charge in [-0.15, -0.1) is 11.6 Å². The first-order chi connectivity index (χ1) is 10.1. The molecule has 1 heterocycles. The molecule has 1 aromatic rings. The van der Waals surface area contributed by atoms with Crippen molar-refractivity contribution in [2.75, 3.05) is 39.3 Å². The van der Waals surface area contributed by atoms with Crippen molar-refractivity contribution in [3.63, 3.8) is 0 Å². The van der Waals surface area contributed by atoms with Gasteiger partial charge in [-0.2, -0.15) is 0 Å². The maximum atomic E-state index is 11.6. The topological polar surface area (TPSA) is 32.8 Å². The predicted molar refractivity (Wildman–Crippen MR) is 85.1 cm³/mol. The minimum absolute atomic E-state index is 0.0728. The van der Waals surface area contributed by atoms with Gasteiger partial charge in [0.25, 0.3) is 0 Å². The van der Waals surface area contributed by atoms with E-state index in [4.69, 9.17) is 27.9 Å². The third-order valence-electron chi connectivity index (χ3n) is 3.55. The summed E-state index contributed by atoms with van der Waals surface area (Å²) in [5, 5.41) is 0.641. The number of rotatable bonds is 4. The van der Waals surface area contributed by atoms with Crippen molar-refractivity contribution in [3.8, 4) is 0 Å². The van der Waals surface area contributed by atoms with E-state index in [9.17, 15) is 4.79 Å². The standard InChI is InChI=1S/C15H20Cl2N2O2/c1-2-21-15(20)19-9-7-18(8-10-19)11-14(17)12-3-5-13(16)6-4-12/h3-6,14H,2,7-11H2,1H3. The highest BCUT2D eigenvalue weighted by Crippen LogP contribution is 2.23. The van der Waals surface area contributed by atoms with Crippen LogP contribution in [-0.2, 0) is 4.74 Å². The maximum Gasteiger partial charge on any atom is 0.409 e. The van der Waals surface area contributed by atoms with Gasteiger partial charge in [0.1, 0.15) is 0 Å². The second kappa shape index (κ2) is 7.87. The fourth-order valence-electron chi connectivity index (χ4n) is 2.33. The van der Waals surface area contributed by atoms with Crippen LogP contribution in [0.2, 0.25) is 5.02 Å². The Morgan fingerprint density at radius 1 is 1.24 bits per heavy atom. The van der Waals surface area contributed by atoms with Crippen LogP contribution < -0.4 is 0 Å².